The molecular formula is C17H20N6O3. The summed E-state index contributed by atoms with van der Waals surface area (Å²) in [4.78, 5) is 16.5. The number of aromatic nitrogens is 4. The Hall–Kier alpha value is -2.94. The average Bonchev–Trinajstić information content (AvgIpc) is 3.41. The maximum Gasteiger partial charge on any atom is 0.293 e. The first kappa shape index (κ1) is 16.5. The largest absolute Gasteiger partial charge is 0.459 e. The van der Waals surface area contributed by atoms with Crippen LogP contribution in [0.3, 0.4) is 0 Å². The Bertz CT molecular complexity index is 848. The second kappa shape index (κ2) is 7.52. The minimum atomic E-state index is -0.150. The molecule has 0 saturated carbocycles. The van der Waals surface area contributed by atoms with Gasteiger partial charge in [0, 0.05) is 24.4 Å². The molecule has 1 aliphatic rings. The van der Waals surface area contributed by atoms with Crippen molar-refractivity contribution in [3.8, 4) is 11.7 Å². The van der Waals surface area contributed by atoms with Gasteiger partial charge in [0.25, 0.3) is 5.89 Å². The molecule has 4 heterocycles. The van der Waals surface area contributed by atoms with E-state index in [9.17, 15) is 4.79 Å². The van der Waals surface area contributed by atoms with Crippen molar-refractivity contribution < 1.29 is 13.7 Å². The molecule has 1 saturated heterocycles. The highest BCUT2D eigenvalue weighted by Gasteiger charge is 2.20. The van der Waals surface area contributed by atoms with Gasteiger partial charge in [-0.15, -0.1) is 0 Å². The number of amides is 1. The van der Waals surface area contributed by atoms with Crippen LogP contribution >= 0.6 is 0 Å². The van der Waals surface area contributed by atoms with E-state index in [4.69, 9.17) is 8.94 Å². The van der Waals surface area contributed by atoms with Gasteiger partial charge >= 0.3 is 0 Å². The van der Waals surface area contributed by atoms with Crippen molar-refractivity contribution in [1.29, 1.82) is 0 Å². The van der Waals surface area contributed by atoms with E-state index in [1.807, 2.05) is 6.07 Å². The molecular weight excluding hydrogens is 336 g/mol. The predicted octanol–water partition coefficient (Wildman–Crippen LogP) is 1.31. The molecule has 0 aromatic carbocycles. The summed E-state index contributed by atoms with van der Waals surface area (Å²) in [6, 6.07) is 5.46. The van der Waals surface area contributed by atoms with Crippen LogP contribution in [-0.2, 0) is 17.9 Å². The first-order chi connectivity index (χ1) is 12.8. The van der Waals surface area contributed by atoms with Crippen LogP contribution < -0.4 is 10.6 Å². The fourth-order valence-corrected chi connectivity index (χ4v) is 3.12. The molecule has 1 amide bonds. The molecule has 0 radical (unpaired) electrons. The van der Waals surface area contributed by atoms with Crippen molar-refractivity contribution in [2.45, 2.75) is 31.8 Å². The zero-order valence-corrected chi connectivity index (χ0v) is 14.2. The van der Waals surface area contributed by atoms with E-state index in [-0.39, 0.29) is 19.0 Å². The minimum Gasteiger partial charge on any atom is -0.459 e. The zero-order valence-electron chi connectivity index (χ0n) is 14.2. The van der Waals surface area contributed by atoms with Gasteiger partial charge < -0.3 is 19.6 Å². The number of nitrogens with zero attached hydrogens (tertiary/aromatic N) is 4. The van der Waals surface area contributed by atoms with Gasteiger partial charge in [0.1, 0.15) is 6.54 Å². The monoisotopic (exact) mass is 356 g/mol. The lowest BCUT2D eigenvalue weighted by molar-refractivity contribution is -0.122. The third kappa shape index (κ3) is 3.67. The Morgan fingerprint density at radius 1 is 1.42 bits per heavy atom. The molecule has 9 heteroatoms. The normalized spacial score (nSPS) is 17.3. The van der Waals surface area contributed by atoms with Gasteiger partial charge in [-0.05, 0) is 37.6 Å². The van der Waals surface area contributed by atoms with Gasteiger partial charge in [-0.3, -0.25) is 9.48 Å². The Morgan fingerprint density at radius 3 is 3.19 bits per heavy atom. The Kier molecular flexibility index (Phi) is 4.78. The number of hydrogen-bond acceptors (Lipinski definition) is 7. The quantitative estimate of drug-likeness (QED) is 0.685. The van der Waals surface area contributed by atoms with Gasteiger partial charge in [-0.2, -0.15) is 10.1 Å². The lowest BCUT2D eigenvalue weighted by Gasteiger charge is -2.23. The highest BCUT2D eigenvalue weighted by molar-refractivity contribution is 5.75. The molecule has 1 atom stereocenters. The van der Waals surface area contributed by atoms with Gasteiger partial charge in [0.2, 0.25) is 5.91 Å². The lowest BCUT2D eigenvalue weighted by Crippen LogP contribution is -2.32. The van der Waals surface area contributed by atoms with E-state index in [1.54, 1.807) is 23.0 Å². The third-order valence-corrected chi connectivity index (χ3v) is 4.40. The van der Waals surface area contributed by atoms with Crippen molar-refractivity contribution in [3.63, 3.8) is 0 Å². The van der Waals surface area contributed by atoms with Gasteiger partial charge in [-0.25, -0.2) is 0 Å². The van der Waals surface area contributed by atoms with Crippen LogP contribution in [0.5, 0.6) is 0 Å². The molecule has 2 N–H and O–H groups in total. The third-order valence-electron chi connectivity index (χ3n) is 4.40. The van der Waals surface area contributed by atoms with Crippen LogP contribution in [0.15, 0.2) is 39.6 Å². The highest BCUT2D eigenvalue weighted by Crippen LogP contribution is 2.22. The Morgan fingerprint density at radius 2 is 2.38 bits per heavy atom. The molecule has 136 valence electrons. The topological polar surface area (TPSA) is 111 Å². The van der Waals surface area contributed by atoms with Crippen LogP contribution in [-0.4, -0.2) is 38.9 Å². The van der Waals surface area contributed by atoms with Gasteiger partial charge in [-0.1, -0.05) is 5.16 Å². The lowest BCUT2D eigenvalue weighted by atomic mass is 9.96. The second-order valence-corrected chi connectivity index (χ2v) is 6.23. The Labute approximate surface area is 149 Å². The van der Waals surface area contributed by atoms with E-state index in [2.05, 4.69) is 25.9 Å². The van der Waals surface area contributed by atoms with E-state index in [1.165, 1.54) is 6.26 Å². The fourth-order valence-electron chi connectivity index (χ4n) is 3.12. The zero-order chi connectivity index (χ0) is 17.8. The van der Waals surface area contributed by atoms with Crippen LogP contribution in [0.4, 0.5) is 0 Å². The molecule has 3 aromatic rings. The molecule has 4 rings (SSSR count). The molecule has 3 aromatic heterocycles. The van der Waals surface area contributed by atoms with Crippen LogP contribution in [0.25, 0.3) is 11.7 Å². The molecule has 26 heavy (non-hydrogen) atoms. The maximum atomic E-state index is 12.3. The number of furan rings is 1. The molecule has 1 aliphatic heterocycles. The van der Waals surface area contributed by atoms with Crippen molar-refractivity contribution in [3.05, 3.63) is 42.2 Å². The van der Waals surface area contributed by atoms with E-state index in [0.29, 0.717) is 23.4 Å². The number of rotatable bonds is 6. The summed E-state index contributed by atoms with van der Waals surface area (Å²) in [5.41, 5.74) is 1.09. The van der Waals surface area contributed by atoms with E-state index >= 15 is 0 Å². The van der Waals surface area contributed by atoms with Crippen LogP contribution in [0.2, 0.25) is 0 Å². The molecule has 0 bridgehead atoms. The Balaban J connectivity index is 1.33. The summed E-state index contributed by atoms with van der Waals surface area (Å²) in [6.07, 6.45) is 5.52. The fraction of sp³-hybridized carbons (Fsp3) is 0.412. The van der Waals surface area contributed by atoms with Gasteiger partial charge in [0.15, 0.2) is 11.6 Å². The summed E-state index contributed by atoms with van der Waals surface area (Å²) in [7, 11) is 0. The number of piperidine rings is 1. The van der Waals surface area contributed by atoms with E-state index in [0.717, 1.165) is 31.6 Å². The predicted molar refractivity (Wildman–Crippen MR) is 90.9 cm³/mol. The van der Waals surface area contributed by atoms with Crippen molar-refractivity contribution in [2.24, 2.45) is 0 Å². The summed E-state index contributed by atoms with van der Waals surface area (Å²) < 4.78 is 12.1. The van der Waals surface area contributed by atoms with Crippen LogP contribution in [0.1, 0.15) is 30.3 Å². The number of nitrogens with one attached hydrogen (secondary N) is 2. The molecule has 0 aliphatic carbocycles. The highest BCUT2D eigenvalue weighted by atomic mass is 16.5. The van der Waals surface area contributed by atoms with E-state index < -0.39 is 0 Å². The minimum absolute atomic E-state index is 0.150. The molecule has 9 nitrogen and oxygen atoms in total. The first-order valence-corrected chi connectivity index (χ1v) is 8.65. The smallest absolute Gasteiger partial charge is 0.293 e. The van der Waals surface area contributed by atoms with Crippen molar-refractivity contribution in [2.75, 3.05) is 13.1 Å². The standard InChI is InChI=1S/C17H20N6O3/c24-16(11-23-13(5-7-20-23)12-3-1-6-18-9-12)19-10-15-21-17(26-22-15)14-4-2-8-25-14/h2,4-5,7-8,12,18H,1,3,6,9-11H2,(H,19,24)/t12-/m0/s1. The number of carbonyl (C=O) groups is 1. The van der Waals surface area contributed by atoms with Crippen LogP contribution in [0, 0.1) is 0 Å². The molecule has 1 fully saturated rings. The summed E-state index contributed by atoms with van der Waals surface area (Å²) in [6.45, 7) is 2.33. The summed E-state index contributed by atoms with van der Waals surface area (Å²) in [5.74, 6) is 1.42. The average molecular weight is 356 g/mol. The van der Waals surface area contributed by atoms with Gasteiger partial charge in [0.05, 0.1) is 12.8 Å². The SMILES string of the molecule is O=C(Cn1nccc1[C@H]1CCCNC1)NCc1noc(-c2ccco2)n1. The first-order valence-electron chi connectivity index (χ1n) is 8.65. The number of carbonyl (C=O) groups excluding carboxylic acids is 1. The maximum absolute atomic E-state index is 12.3. The van der Waals surface area contributed by atoms with Crippen molar-refractivity contribution in [1.82, 2.24) is 30.6 Å². The second-order valence-electron chi connectivity index (χ2n) is 6.23. The molecule has 0 unspecified atom stereocenters. The molecule has 0 spiro atoms. The van der Waals surface area contributed by atoms with Crippen molar-refractivity contribution >= 4 is 5.91 Å². The number of hydrogen-bond donors (Lipinski definition) is 2. The summed E-state index contributed by atoms with van der Waals surface area (Å²) in [5, 5.41) is 14.3. The summed E-state index contributed by atoms with van der Waals surface area (Å²) >= 11 is 0.